The van der Waals surface area contributed by atoms with Gasteiger partial charge in [-0.15, -0.1) is 0 Å². The fourth-order valence-corrected chi connectivity index (χ4v) is 1.32. The van der Waals surface area contributed by atoms with Gasteiger partial charge in [0.05, 0.1) is 11.3 Å². The Morgan fingerprint density at radius 1 is 1.39 bits per heavy atom. The molecule has 0 unspecified atom stereocenters. The van der Waals surface area contributed by atoms with Crippen LogP contribution >= 0.6 is 0 Å². The molecule has 1 aromatic carbocycles. The molecule has 3 nitrogen and oxygen atoms in total. The molecule has 0 aliphatic carbocycles. The first kappa shape index (κ1) is 14.4. The van der Waals surface area contributed by atoms with E-state index in [0.29, 0.717) is 6.54 Å². The minimum absolute atomic E-state index is 0.0923. The highest BCUT2D eigenvalue weighted by molar-refractivity contribution is 5.95. The second-order valence-electron chi connectivity index (χ2n) is 5.06. The average molecular weight is 256 g/mol. The molecule has 0 spiro atoms. The largest absolute Gasteiger partial charge is 0.396 e. The highest BCUT2D eigenvalue weighted by Gasteiger charge is 2.20. The summed E-state index contributed by atoms with van der Waals surface area (Å²) >= 11 is 0. The number of hydrogen-bond acceptors (Lipinski definition) is 2. The van der Waals surface area contributed by atoms with Gasteiger partial charge in [0, 0.05) is 6.54 Å². The van der Waals surface area contributed by atoms with Crippen molar-refractivity contribution in [3.05, 3.63) is 29.3 Å². The van der Waals surface area contributed by atoms with Gasteiger partial charge in [-0.3, -0.25) is 4.79 Å². The van der Waals surface area contributed by atoms with E-state index in [1.165, 1.54) is 0 Å². The van der Waals surface area contributed by atoms with Gasteiger partial charge < -0.3 is 11.1 Å². The van der Waals surface area contributed by atoms with Crippen molar-refractivity contribution in [1.82, 2.24) is 5.32 Å². The number of carbonyl (C=O) groups is 1. The van der Waals surface area contributed by atoms with Crippen LogP contribution in [0, 0.1) is 17.0 Å². The van der Waals surface area contributed by atoms with E-state index in [0.717, 1.165) is 18.6 Å². The number of amides is 1. The maximum absolute atomic E-state index is 13.6. The van der Waals surface area contributed by atoms with Crippen molar-refractivity contribution >= 4 is 11.6 Å². The quantitative estimate of drug-likeness (QED) is 0.814. The van der Waals surface area contributed by atoms with E-state index in [4.69, 9.17) is 5.73 Å². The molecular weight excluding hydrogens is 238 g/mol. The number of halogens is 2. The molecule has 0 aliphatic rings. The number of anilines is 1. The second-order valence-corrected chi connectivity index (χ2v) is 5.06. The predicted octanol–water partition coefficient (Wildman–Crippen LogP) is 2.71. The third kappa shape index (κ3) is 3.42. The minimum atomic E-state index is -0.886. The van der Waals surface area contributed by atoms with Crippen molar-refractivity contribution in [2.24, 2.45) is 5.41 Å². The maximum atomic E-state index is 13.6. The third-order valence-electron chi connectivity index (χ3n) is 2.99. The second kappa shape index (κ2) is 5.33. The van der Waals surface area contributed by atoms with Crippen LogP contribution < -0.4 is 11.1 Å². The zero-order chi connectivity index (χ0) is 13.9. The van der Waals surface area contributed by atoms with Crippen molar-refractivity contribution < 1.29 is 13.6 Å². The van der Waals surface area contributed by atoms with Gasteiger partial charge >= 0.3 is 0 Å². The third-order valence-corrected chi connectivity index (χ3v) is 2.99. The molecule has 0 saturated carbocycles. The molecule has 0 aliphatic heterocycles. The van der Waals surface area contributed by atoms with Crippen LogP contribution in [-0.4, -0.2) is 12.5 Å². The lowest BCUT2D eigenvalue weighted by Crippen LogP contribution is -2.34. The first-order chi connectivity index (χ1) is 8.26. The number of rotatable bonds is 4. The lowest BCUT2D eigenvalue weighted by atomic mass is 9.90. The van der Waals surface area contributed by atoms with Gasteiger partial charge in [-0.2, -0.15) is 0 Å². The zero-order valence-electron chi connectivity index (χ0n) is 10.8. The van der Waals surface area contributed by atoms with Crippen molar-refractivity contribution in [3.8, 4) is 0 Å². The van der Waals surface area contributed by atoms with E-state index in [-0.39, 0.29) is 16.7 Å². The highest BCUT2D eigenvalue weighted by atomic mass is 19.1. The average Bonchev–Trinajstić information content (AvgIpc) is 2.31. The molecule has 0 heterocycles. The SMILES string of the molecule is CCC(C)(C)CNC(=O)c1cc(F)cc(N)c1F. The molecule has 3 N–H and O–H groups in total. The first-order valence-corrected chi connectivity index (χ1v) is 5.79. The Bertz CT molecular complexity index is 459. The summed E-state index contributed by atoms with van der Waals surface area (Å²) in [5, 5.41) is 2.58. The van der Waals surface area contributed by atoms with Gasteiger partial charge in [-0.1, -0.05) is 20.8 Å². The van der Waals surface area contributed by atoms with Gasteiger partial charge in [0.25, 0.3) is 5.91 Å². The van der Waals surface area contributed by atoms with E-state index < -0.39 is 17.5 Å². The molecule has 0 aromatic heterocycles. The number of nitrogens with two attached hydrogens (primary N) is 1. The Balaban J connectivity index is 2.85. The van der Waals surface area contributed by atoms with Crippen LogP contribution in [0.3, 0.4) is 0 Å². The van der Waals surface area contributed by atoms with Crippen molar-refractivity contribution in [3.63, 3.8) is 0 Å². The standard InChI is InChI=1S/C13H18F2N2O/c1-4-13(2,3)7-17-12(18)9-5-8(14)6-10(16)11(9)15/h5-6H,4,7,16H2,1-3H3,(H,17,18). The Morgan fingerprint density at radius 3 is 2.56 bits per heavy atom. The summed E-state index contributed by atoms with van der Waals surface area (Å²) < 4.78 is 26.7. The van der Waals surface area contributed by atoms with Crippen LogP contribution in [-0.2, 0) is 0 Å². The van der Waals surface area contributed by atoms with Crippen molar-refractivity contribution in [2.75, 3.05) is 12.3 Å². The van der Waals surface area contributed by atoms with E-state index in [2.05, 4.69) is 5.32 Å². The Labute approximate surface area is 105 Å². The monoisotopic (exact) mass is 256 g/mol. The maximum Gasteiger partial charge on any atom is 0.254 e. The molecule has 100 valence electrons. The highest BCUT2D eigenvalue weighted by Crippen LogP contribution is 2.20. The molecule has 0 atom stereocenters. The summed E-state index contributed by atoms with van der Waals surface area (Å²) in [5.41, 5.74) is 4.45. The van der Waals surface area contributed by atoms with Gasteiger partial charge in [0.1, 0.15) is 5.82 Å². The first-order valence-electron chi connectivity index (χ1n) is 5.79. The molecular formula is C13H18F2N2O. The van der Waals surface area contributed by atoms with Crippen LogP contribution in [0.1, 0.15) is 37.6 Å². The Hall–Kier alpha value is -1.65. The van der Waals surface area contributed by atoms with Gasteiger partial charge in [-0.25, -0.2) is 8.78 Å². The van der Waals surface area contributed by atoms with Crippen LogP contribution in [0.2, 0.25) is 0 Å². The Kier molecular flexibility index (Phi) is 4.27. The lowest BCUT2D eigenvalue weighted by molar-refractivity contribution is 0.0931. The van der Waals surface area contributed by atoms with Crippen LogP contribution in [0.25, 0.3) is 0 Å². The molecule has 0 fully saturated rings. The van der Waals surface area contributed by atoms with Gasteiger partial charge in [0.2, 0.25) is 0 Å². The topological polar surface area (TPSA) is 55.1 Å². The summed E-state index contributed by atoms with van der Waals surface area (Å²) in [6.45, 7) is 6.33. The summed E-state index contributed by atoms with van der Waals surface area (Å²) in [6, 6.07) is 1.70. The van der Waals surface area contributed by atoms with E-state index in [9.17, 15) is 13.6 Å². The van der Waals surface area contributed by atoms with Crippen LogP contribution in [0.15, 0.2) is 12.1 Å². The molecule has 5 heteroatoms. The molecule has 1 aromatic rings. The number of nitrogens with one attached hydrogen (secondary N) is 1. The molecule has 18 heavy (non-hydrogen) atoms. The molecule has 0 radical (unpaired) electrons. The molecule has 0 saturated heterocycles. The minimum Gasteiger partial charge on any atom is -0.396 e. The number of nitrogen functional groups attached to an aromatic ring is 1. The zero-order valence-corrected chi connectivity index (χ0v) is 10.8. The molecule has 1 rings (SSSR count). The van der Waals surface area contributed by atoms with Gasteiger partial charge in [-0.05, 0) is 24.0 Å². The summed E-state index contributed by atoms with van der Waals surface area (Å²) in [7, 11) is 0. The number of benzene rings is 1. The summed E-state index contributed by atoms with van der Waals surface area (Å²) in [5.74, 6) is -2.27. The fourth-order valence-electron chi connectivity index (χ4n) is 1.32. The number of hydrogen-bond donors (Lipinski definition) is 2. The van der Waals surface area contributed by atoms with E-state index >= 15 is 0 Å². The Morgan fingerprint density at radius 2 is 2.00 bits per heavy atom. The smallest absolute Gasteiger partial charge is 0.254 e. The van der Waals surface area contributed by atoms with E-state index in [1.54, 1.807) is 0 Å². The van der Waals surface area contributed by atoms with Crippen molar-refractivity contribution in [1.29, 1.82) is 0 Å². The van der Waals surface area contributed by atoms with Crippen molar-refractivity contribution in [2.45, 2.75) is 27.2 Å². The lowest BCUT2D eigenvalue weighted by Gasteiger charge is -2.22. The predicted molar refractivity (Wildman–Crippen MR) is 67.2 cm³/mol. The molecule has 0 bridgehead atoms. The van der Waals surface area contributed by atoms with Crippen LogP contribution in [0.5, 0.6) is 0 Å². The normalized spacial score (nSPS) is 11.4. The fraction of sp³-hybridized carbons (Fsp3) is 0.462. The summed E-state index contributed by atoms with van der Waals surface area (Å²) in [6.07, 6.45) is 0.862. The summed E-state index contributed by atoms with van der Waals surface area (Å²) in [4.78, 5) is 11.8. The van der Waals surface area contributed by atoms with Crippen LogP contribution in [0.4, 0.5) is 14.5 Å². The van der Waals surface area contributed by atoms with Gasteiger partial charge in [0.15, 0.2) is 5.82 Å². The van der Waals surface area contributed by atoms with E-state index in [1.807, 2.05) is 20.8 Å². The molecule has 1 amide bonds. The number of carbonyl (C=O) groups excluding carboxylic acids is 1.